The van der Waals surface area contributed by atoms with Gasteiger partial charge in [0.15, 0.2) is 0 Å². The summed E-state index contributed by atoms with van der Waals surface area (Å²) in [5.74, 6) is -0.595. The van der Waals surface area contributed by atoms with Crippen molar-refractivity contribution in [1.82, 2.24) is 4.90 Å². The Labute approximate surface area is 173 Å². The van der Waals surface area contributed by atoms with Crippen molar-refractivity contribution in [3.05, 3.63) is 44.5 Å². The fourth-order valence-corrected chi connectivity index (χ4v) is 4.83. The average Bonchev–Trinajstić information content (AvgIpc) is 3.26. The molecule has 0 atom stereocenters. The molecule has 0 radical (unpaired) electrons. The number of carbonyl (C=O) groups excluding carboxylic acids is 2. The zero-order valence-electron chi connectivity index (χ0n) is 15.3. The van der Waals surface area contributed by atoms with Crippen molar-refractivity contribution in [2.45, 2.75) is 26.8 Å². The van der Waals surface area contributed by atoms with Crippen LogP contribution >= 0.6 is 35.1 Å². The van der Waals surface area contributed by atoms with Crippen molar-refractivity contribution >= 4 is 58.0 Å². The van der Waals surface area contributed by atoms with E-state index in [4.69, 9.17) is 4.74 Å². The number of likely N-dealkylation sites (N-methyl/N-ethyl adjacent to an activating group) is 1. The van der Waals surface area contributed by atoms with Crippen LogP contribution in [0.15, 0.2) is 23.6 Å². The minimum atomic E-state index is -0.354. The van der Waals surface area contributed by atoms with Gasteiger partial charge >= 0.3 is 5.97 Å². The van der Waals surface area contributed by atoms with Crippen LogP contribution in [-0.2, 0) is 22.5 Å². The Balaban J connectivity index is 0.00000261. The van der Waals surface area contributed by atoms with Crippen molar-refractivity contribution in [2.75, 3.05) is 25.0 Å². The van der Waals surface area contributed by atoms with Crippen LogP contribution in [-0.4, -0.2) is 36.5 Å². The van der Waals surface area contributed by atoms with Crippen LogP contribution in [0, 0.1) is 0 Å². The van der Waals surface area contributed by atoms with Crippen molar-refractivity contribution < 1.29 is 14.3 Å². The molecular formula is C19H23ClN2O3S2. The standard InChI is InChI=1S/C19H22N2O3S2.ClH/c1-3-21-10-9-14-15(12-21)26-18(17(14)19(23)24-4-2)20-16(22)8-7-13-6-5-11-25-13;/h5-8,11H,3-4,9-10,12H2,1-2H3,(H,20,22);1H. The number of thiophene rings is 2. The summed E-state index contributed by atoms with van der Waals surface area (Å²) in [6, 6.07) is 3.88. The van der Waals surface area contributed by atoms with Gasteiger partial charge in [0.05, 0.1) is 12.2 Å². The molecule has 0 fully saturated rings. The van der Waals surface area contributed by atoms with Crippen molar-refractivity contribution in [3.8, 4) is 0 Å². The number of fused-ring (bicyclic) bond motifs is 1. The third kappa shape index (κ3) is 5.19. The molecule has 1 aliphatic heterocycles. The summed E-state index contributed by atoms with van der Waals surface area (Å²) in [4.78, 5) is 29.3. The molecule has 0 aliphatic carbocycles. The molecule has 146 valence electrons. The zero-order chi connectivity index (χ0) is 18.5. The second kappa shape index (κ2) is 10.0. The molecule has 1 amide bonds. The van der Waals surface area contributed by atoms with Gasteiger partial charge in [0.1, 0.15) is 5.00 Å². The van der Waals surface area contributed by atoms with Gasteiger partial charge in [-0.3, -0.25) is 9.69 Å². The maximum atomic E-state index is 12.5. The SMILES string of the molecule is CCOC(=O)c1c(NC(=O)C=Cc2cccs2)sc2c1CCN(CC)C2.Cl. The van der Waals surface area contributed by atoms with E-state index in [0.717, 1.165) is 41.4 Å². The van der Waals surface area contributed by atoms with Crippen molar-refractivity contribution in [3.63, 3.8) is 0 Å². The van der Waals surface area contributed by atoms with E-state index in [2.05, 4.69) is 17.1 Å². The van der Waals surface area contributed by atoms with Gasteiger partial charge in [0, 0.05) is 28.9 Å². The quantitative estimate of drug-likeness (QED) is 0.548. The van der Waals surface area contributed by atoms with Gasteiger partial charge in [-0.25, -0.2) is 4.79 Å². The molecule has 3 rings (SSSR count). The van der Waals surface area contributed by atoms with E-state index < -0.39 is 0 Å². The fraction of sp³-hybridized carbons (Fsp3) is 0.368. The smallest absolute Gasteiger partial charge is 0.341 e. The fourth-order valence-electron chi connectivity index (χ4n) is 2.93. The molecule has 2 aromatic rings. The molecule has 0 unspecified atom stereocenters. The first-order valence-corrected chi connectivity index (χ1v) is 10.4. The lowest BCUT2D eigenvalue weighted by atomic mass is 10.0. The number of halogens is 1. The first-order chi connectivity index (χ1) is 12.6. The topological polar surface area (TPSA) is 58.6 Å². The van der Waals surface area contributed by atoms with E-state index in [9.17, 15) is 9.59 Å². The average molecular weight is 427 g/mol. The highest BCUT2D eigenvalue weighted by Crippen LogP contribution is 2.37. The Hall–Kier alpha value is -1.67. The lowest BCUT2D eigenvalue weighted by Gasteiger charge is -2.25. The van der Waals surface area contributed by atoms with Gasteiger partial charge in [-0.1, -0.05) is 13.0 Å². The highest BCUT2D eigenvalue weighted by molar-refractivity contribution is 7.17. The van der Waals surface area contributed by atoms with E-state index in [1.54, 1.807) is 24.3 Å². The van der Waals surface area contributed by atoms with Crippen LogP contribution < -0.4 is 5.32 Å². The summed E-state index contributed by atoms with van der Waals surface area (Å²) in [6.45, 7) is 6.93. The predicted octanol–water partition coefficient (Wildman–Crippen LogP) is 4.44. The maximum absolute atomic E-state index is 12.5. The van der Waals surface area contributed by atoms with Crippen molar-refractivity contribution in [1.29, 1.82) is 0 Å². The summed E-state index contributed by atoms with van der Waals surface area (Å²) in [5, 5.41) is 5.43. The minimum Gasteiger partial charge on any atom is -0.462 e. The molecule has 0 bridgehead atoms. The number of hydrogen-bond donors (Lipinski definition) is 1. The van der Waals surface area contributed by atoms with Crippen LogP contribution in [0.2, 0.25) is 0 Å². The highest BCUT2D eigenvalue weighted by atomic mass is 35.5. The second-order valence-electron chi connectivity index (χ2n) is 5.89. The third-order valence-electron chi connectivity index (χ3n) is 4.24. The normalized spacial score (nSPS) is 13.9. The van der Waals surface area contributed by atoms with Gasteiger partial charge < -0.3 is 10.1 Å². The summed E-state index contributed by atoms with van der Waals surface area (Å²) in [7, 11) is 0. The molecule has 27 heavy (non-hydrogen) atoms. The number of esters is 1. The Bertz CT molecular complexity index is 815. The second-order valence-corrected chi connectivity index (χ2v) is 7.97. The number of hydrogen-bond acceptors (Lipinski definition) is 6. The minimum absolute atomic E-state index is 0. The predicted molar refractivity (Wildman–Crippen MR) is 114 cm³/mol. The van der Waals surface area contributed by atoms with Gasteiger partial charge in [0.2, 0.25) is 5.91 Å². The van der Waals surface area contributed by atoms with Gasteiger partial charge in [0.25, 0.3) is 0 Å². The Kier molecular flexibility index (Phi) is 8.04. The van der Waals surface area contributed by atoms with Gasteiger partial charge in [-0.05, 0) is 43.0 Å². The molecule has 3 heterocycles. The van der Waals surface area contributed by atoms with Gasteiger partial charge in [-0.15, -0.1) is 35.1 Å². The van der Waals surface area contributed by atoms with Crippen LogP contribution in [0.1, 0.15) is 39.5 Å². The van der Waals surface area contributed by atoms with E-state index in [1.807, 2.05) is 17.5 Å². The number of carbonyl (C=O) groups is 2. The molecule has 0 saturated heterocycles. The van der Waals surface area contributed by atoms with Crippen LogP contribution in [0.3, 0.4) is 0 Å². The molecule has 8 heteroatoms. The first-order valence-electron chi connectivity index (χ1n) is 8.69. The zero-order valence-corrected chi connectivity index (χ0v) is 17.8. The number of ether oxygens (including phenoxy) is 1. The van der Waals surface area contributed by atoms with E-state index in [1.165, 1.54) is 17.4 Å². The molecule has 1 N–H and O–H groups in total. The Morgan fingerprint density at radius 3 is 2.85 bits per heavy atom. The molecule has 1 aliphatic rings. The molecule has 0 aromatic carbocycles. The number of rotatable bonds is 6. The van der Waals surface area contributed by atoms with Crippen LogP contribution in [0.25, 0.3) is 6.08 Å². The van der Waals surface area contributed by atoms with Crippen LogP contribution in [0.5, 0.6) is 0 Å². The molecule has 5 nitrogen and oxygen atoms in total. The lowest BCUT2D eigenvalue weighted by Crippen LogP contribution is -2.30. The Morgan fingerprint density at radius 2 is 2.19 bits per heavy atom. The first kappa shape index (κ1) is 21.6. The van der Waals surface area contributed by atoms with Gasteiger partial charge in [-0.2, -0.15) is 0 Å². The molecule has 2 aromatic heterocycles. The summed E-state index contributed by atoms with van der Waals surface area (Å²) in [6.07, 6.45) is 4.07. The Morgan fingerprint density at radius 1 is 1.37 bits per heavy atom. The van der Waals surface area contributed by atoms with Crippen LogP contribution in [0.4, 0.5) is 5.00 Å². The maximum Gasteiger partial charge on any atom is 0.341 e. The number of amides is 1. The van der Waals surface area contributed by atoms with E-state index in [0.29, 0.717) is 17.2 Å². The number of nitrogens with zero attached hydrogens (tertiary/aromatic N) is 1. The number of anilines is 1. The molecule has 0 spiro atoms. The lowest BCUT2D eigenvalue weighted by molar-refractivity contribution is -0.111. The highest BCUT2D eigenvalue weighted by Gasteiger charge is 2.28. The van der Waals surface area contributed by atoms with Crippen molar-refractivity contribution in [2.24, 2.45) is 0 Å². The third-order valence-corrected chi connectivity index (χ3v) is 6.21. The summed E-state index contributed by atoms with van der Waals surface area (Å²) >= 11 is 3.05. The summed E-state index contributed by atoms with van der Waals surface area (Å²) < 4.78 is 5.23. The largest absolute Gasteiger partial charge is 0.462 e. The molecule has 0 saturated carbocycles. The summed E-state index contributed by atoms with van der Waals surface area (Å²) in [5.41, 5.74) is 1.55. The monoisotopic (exact) mass is 426 g/mol. The van der Waals surface area contributed by atoms with E-state index >= 15 is 0 Å². The molecular weight excluding hydrogens is 404 g/mol. The van der Waals surface area contributed by atoms with E-state index in [-0.39, 0.29) is 24.3 Å². The number of nitrogens with one attached hydrogen (secondary N) is 1.